The third kappa shape index (κ3) is 3.90. The third-order valence-corrected chi connectivity index (χ3v) is 5.69. The normalized spacial score (nSPS) is 12.1. The first kappa shape index (κ1) is 16.8. The Hall–Kier alpha value is -2.02. The molecule has 3 nitrogen and oxygen atoms in total. The largest absolute Gasteiger partial charge is 0.396 e. The summed E-state index contributed by atoms with van der Waals surface area (Å²) in [5, 5.41) is 14.1. The number of nitrogens with one attached hydrogen (secondary N) is 1. The van der Waals surface area contributed by atoms with Crippen molar-refractivity contribution in [3.8, 4) is 10.4 Å². The highest BCUT2D eigenvalue weighted by Gasteiger charge is 2.18. The van der Waals surface area contributed by atoms with Gasteiger partial charge in [0.15, 0.2) is 0 Å². The third-order valence-electron chi connectivity index (χ3n) is 3.57. The van der Waals surface area contributed by atoms with Gasteiger partial charge in [-0.15, -0.1) is 22.7 Å². The van der Waals surface area contributed by atoms with Crippen molar-refractivity contribution in [2.45, 2.75) is 12.5 Å². The maximum Gasteiger partial charge on any atom is 0.261 e. The maximum absolute atomic E-state index is 13.0. The second-order valence-corrected chi connectivity index (χ2v) is 7.29. The first-order chi connectivity index (χ1) is 11.7. The van der Waals surface area contributed by atoms with Crippen LogP contribution in [0.25, 0.3) is 10.4 Å². The van der Waals surface area contributed by atoms with E-state index in [2.05, 4.69) is 5.32 Å². The fraction of sp³-hybridized carbons (Fsp3) is 0.167. The molecule has 3 aromatic rings. The molecule has 1 amide bonds. The van der Waals surface area contributed by atoms with Crippen molar-refractivity contribution in [3.63, 3.8) is 0 Å². The maximum atomic E-state index is 13.0. The SMILES string of the molecule is O=C(N[C@@H](CCO)c1cccs1)c1ccc(-c2ccc(F)cc2)s1. The average molecular weight is 361 g/mol. The van der Waals surface area contributed by atoms with Gasteiger partial charge in [-0.1, -0.05) is 18.2 Å². The summed E-state index contributed by atoms with van der Waals surface area (Å²) in [6.45, 7) is 0.00805. The number of carbonyl (C=O) groups excluding carboxylic acids is 1. The van der Waals surface area contributed by atoms with Gasteiger partial charge < -0.3 is 10.4 Å². The fourth-order valence-electron chi connectivity index (χ4n) is 2.36. The van der Waals surface area contributed by atoms with Gasteiger partial charge in [-0.25, -0.2) is 4.39 Å². The van der Waals surface area contributed by atoms with Crippen LogP contribution in [0.5, 0.6) is 0 Å². The minimum absolute atomic E-state index is 0.00805. The predicted molar refractivity (Wildman–Crippen MR) is 95.9 cm³/mol. The molecule has 0 aliphatic heterocycles. The summed E-state index contributed by atoms with van der Waals surface area (Å²) in [5.74, 6) is -0.448. The van der Waals surface area contributed by atoms with Gasteiger partial charge in [0, 0.05) is 16.4 Å². The van der Waals surface area contributed by atoms with Gasteiger partial charge in [0.1, 0.15) is 5.82 Å². The summed E-state index contributed by atoms with van der Waals surface area (Å²) < 4.78 is 13.0. The molecule has 0 fully saturated rings. The molecule has 0 aliphatic rings. The summed E-state index contributed by atoms with van der Waals surface area (Å²) in [4.78, 5) is 15.0. The van der Waals surface area contributed by atoms with Gasteiger partial charge in [-0.05, 0) is 47.7 Å². The van der Waals surface area contributed by atoms with Crippen LogP contribution >= 0.6 is 22.7 Å². The molecule has 2 N–H and O–H groups in total. The average Bonchev–Trinajstić information content (AvgIpc) is 3.27. The summed E-state index contributed by atoms with van der Waals surface area (Å²) in [5.41, 5.74) is 0.880. The van der Waals surface area contributed by atoms with E-state index in [9.17, 15) is 14.3 Å². The van der Waals surface area contributed by atoms with Crippen LogP contribution in [-0.2, 0) is 0 Å². The first-order valence-corrected chi connectivity index (χ1v) is 9.18. The van der Waals surface area contributed by atoms with Crippen LogP contribution in [0.3, 0.4) is 0 Å². The number of halogens is 1. The topological polar surface area (TPSA) is 49.3 Å². The molecule has 0 saturated heterocycles. The van der Waals surface area contributed by atoms with E-state index in [-0.39, 0.29) is 24.4 Å². The zero-order valence-electron chi connectivity index (χ0n) is 12.7. The highest BCUT2D eigenvalue weighted by Crippen LogP contribution is 2.29. The van der Waals surface area contributed by atoms with Gasteiger partial charge in [-0.2, -0.15) is 0 Å². The molecule has 2 heterocycles. The van der Waals surface area contributed by atoms with Crippen molar-refractivity contribution in [2.24, 2.45) is 0 Å². The Morgan fingerprint density at radius 1 is 1.17 bits per heavy atom. The molecule has 124 valence electrons. The van der Waals surface area contributed by atoms with E-state index < -0.39 is 0 Å². The molecule has 0 aliphatic carbocycles. The minimum Gasteiger partial charge on any atom is -0.396 e. The smallest absolute Gasteiger partial charge is 0.261 e. The van der Waals surface area contributed by atoms with Crippen molar-refractivity contribution >= 4 is 28.6 Å². The molecule has 1 aromatic carbocycles. The number of hydrogen-bond donors (Lipinski definition) is 2. The van der Waals surface area contributed by atoms with E-state index in [0.29, 0.717) is 11.3 Å². The number of hydrogen-bond acceptors (Lipinski definition) is 4. The van der Waals surface area contributed by atoms with E-state index in [1.165, 1.54) is 23.5 Å². The molecule has 1 atom stereocenters. The zero-order valence-corrected chi connectivity index (χ0v) is 14.4. The molecule has 0 radical (unpaired) electrons. The van der Waals surface area contributed by atoms with Crippen molar-refractivity contribution < 1.29 is 14.3 Å². The summed E-state index contributed by atoms with van der Waals surface area (Å²) in [7, 11) is 0. The monoisotopic (exact) mass is 361 g/mol. The highest BCUT2D eigenvalue weighted by molar-refractivity contribution is 7.17. The number of thiophene rings is 2. The van der Waals surface area contributed by atoms with Crippen LogP contribution in [0.1, 0.15) is 27.0 Å². The van der Waals surface area contributed by atoms with Gasteiger partial charge in [0.25, 0.3) is 5.91 Å². The van der Waals surface area contributed by atoms with Crippen molar-refractivity contribution in [3.05, 3.63) is 69.5 Å². The fourth-order valence-corrected chi connectivity index (χ4v) is 4.09. The van der Waals surface area contributed by atoms with Crippen molar-refractivity contribution in [1.29, 1.82) is 0 Å². The first-order valence-electron chi connectivity index (χ1n) is 7.48. The molecule has 0 spiro atoms. The second-order valence-electron chi connectivity index (χ2n) is 5.22. The quantitative estimate of drug-likeness (QED) is 0.681. The van der Waals surface area contributed by atoms with Crippen LogP contribution in [0.4, 0.5) is 4.39 Å². The number of aliphatic hydroxyl groups excluding tert-OH is 1. The molecule has 0 saturated carbocycles. The van der Waals surface area contributed by atoms with Crippen LogP contribution < -0.4 is 5.32 Å². The lowest BCUT2D eigenvalue weighted by Gasteiger charge is -2.15. The molecular formula is C18H16FNO2S2. The van der Waals surface area contributed by atoms with Crippen LogP contribution in [0.15, 0.2) is 53.9 Å². The molecule has 24 heavy (non-hydrogen) atoms. The van der Waals surface area contributed by atoms with Crippen molar-refractivity contribution in [2.75, 3.05) is 6.61 Å². The number of amides is 1. The minimum atomic E-state index is -0.281. The van der Waals surface area contributed by atoms with Crippen molar-refractivity contribution in [1.82, 2.24) is 5.32 Å². The Labute approximate surface area is 147 Å². The molecule has 6 heteroatoms. The number of carbonyl (C=O) groups is 1. The number of rotatable bonds is 6. The highest BCUT2D eigenvalue weighted by atomic mass is 32.1. The van der Waals surface area contributed by atoms with Gasteiger partial charge in [0.2, 0.25) is 0 Å². The summed E-state index contributed by atoms with van der Waals surface area (Å²) in [6, 6.07) is 13.5. The lowest BCUT2D eigenvalue weighted by atomic mass is 10.1. The predicted octanol–water partition coefficient (Wildman–Crippen LogP) is 4.47. The zero-order chi connectivity index (χ0) is 16.9. The van der Waals surface area contributed by atoms with Crippen LogP contribution in [-0.4, -0.2) is 17.6 Å². The summed E-state index contributed by atoms with van der Waals surface area (Å²) >= 11 is 2.92. The van der Waals surface area contributed by atoms with Gasteiger partial charge >= 0.3 is 0 Å². The van der Waals surface area contributed by atoms with E-state index in [0.717, 1.165) is 15.3 Å². The molecule has 3 rings (SSSR count). The molecule has 0 bridgehead atoms. The Morgan fingerprint density at radius 3 is 2.62 bits per heavy atom. The molecule has 2 aromatic heterocycles. The summed E-state index contributed by atoms with van der Waals surface area (Å²) in [6.07, 6.45) is 0.475. The Bertz CT molecular complexity index is 797. The number of benzene rings is 1. The number of aliphatic hydroxyl groups is 1. The standard InChI is InChI=1S/C18H16FNO2S2/c19-13-5-3-12(4-6-13)15-7-8-17(24-15)18(22)20-14(9-10-21)16-2-1-11-23-16/h1-8,11,14,21H,9-10H2,(H,20,22)/t14-/m0/s1. The van der Waals surface area contributed by atoms with E-state index in [1.54, 1.807) is 29.5 Å². The van der Waals surface area contributed by atoms with E-state index in [1.807, 2.05) is 23.6 Å². The molecular weight excluding hydrogens is 345 g/mol. The van der Waals surface area contributed by atoms with Gasteiger partial charge in [0.05, 0.1) is 10.9 Å². The Kier molecular flexibility index (Phi) is 5.40. The van der Waals surface area contributed by atoms with E-state index in [4.69, 9.17) is 0 Å². The lowest BCUT2D eigenvalue weighted by molar-refractivity contribution is 0.0935. The second kappa shape index (κ2) is 7.70. The lowest BCUT2D eigenvalue weighted by Crippen LogP contribution is -2.28. The van der Waals surface area contributed by atoms with E-state index >= 15 is 0 Å². The molecule has 0 unspecified atom stereocenters. The Morgan fingerprint density at radius 2 is 1.96 bits per heavy atom. The Balaban J connectivity index is 1.74. The van der Waals surface area contributed by atoms with Crippen LogP contribution in [0.2, 0.25) is 0 Å². The van der Waals surface area contributed by atoms with Crippen LogP contribution in [0, 0.1) is 5.82 Å². The van der Waals surface area contributed by atoms with Gasteiger partial charge in [-0.3, -0.25) is 4.79 Å².